The molecule has 0 bridgehead atoms. The van der Waals surface area contributed by atoms with Crippen LogP contribution in [0.1, 0.15) is 37.6 Å². The lowest BCUT2D eigenvalue weighted by atomic mass is 10.1. The van der Waals surface area contributed by atoms with Crippen molar-refractivity contribution in [1.29, 1.82) is 0 Å². The number of hydrogen-bond acceptors (Lipinski definition) is 5. The fourth-order valence-electron chi connectivity index (χ4n) is 2.44. The maximum absolute atomic E-state index is 12.2. The molecule has 0 saturated heterocycles. The summed E-state index contributed by atoms with van der Waals surface area (Å²) < 4.78 is 10.6. The van der Waals surface area contributed by atoms with Crippen LogP contribution >= 0.6 is 0 Å². The quantitative estimate of drug-likeness (QED) is 0.650. The van der Waals surface area contributed by atoms with Crippen LogP contribution in [0, 0.1) is 0 Å². The van der Waals surface area contributed by atoms with Crippen molar-refractivity contribution in [1.82, 2.24) is 0 Å². The molecule has 2 N–H and O–H groups in total. The molecule has 6 heteroatoms. The predicted molar refractivity (Wildman–Crippen MR) is 106 cm³/mol. The molecule has 0 aromatic heterocycles. The van der Waals surface area contributed by atoms with E-state index in [1.807, 2.05) is 38.1 Å². The summed E-state index contributed by atoms with van der Waals surface area (Å²) in [4.78, 5) is 24.1. The van der Waals surface area contributed by atoms with E-state index in [1.54, 1.807) is 31.2 Å². The summed E-state index contributed by atoms with van der Waals surface area (Å²) >= 11 is 0. The number of hydrogen-bond donors (Lipinski definition) is 2. The van der Waals surface area contributed by atoms with E-state index in [4.69, 9.17) is 9.47 Å². The van der Waals surface area contributed by atoms with Crippen LogP contribution in [0.25, 0.3) is 0 Å². The molecule has 0 aliphatic carbocycles. The van der Waals surface area contributed by atoms with Gasteiger partial charge in [0.1, 0.15) is 5.75 Å². The van der Waals surface area contributed by atoms with Gasteiger partial charge in [-0.25, -0.2) is 4.79 Å². The number of rotatable bonds is 9. The Kier molecular flexibility index (Phi) is 7.67. The Balaban J connectivity index is 1.84. The smallest absolute Gasteiger partial charge is 0.340 e. The summed E-state index contributed by atoms with van der Waals surface area (Å²) in [6.45, 7) is 6.45. The van der Waals surface area contributed by atoms with Gasteiger partial charge in [0.2, 0.25) is 5.91 Å². The monoisotopic (exact) mass is 370 g/mol. The molecule has 0 aliphatic heterocycles. The van der Waals surface area contributed by atoms with Gasteiger partial charge < -0.3 is 20.1 Å². The van der Waals surface area contributed by atoms with Crippen LogP contribution in [0.4, 0.5) is 11.4 Å². The molecule has 0 spiro atoms. The van der Waals surface area contributed by atoms with Crippen molar-refractivity contribution >= 4 is 23.3 Å². The maximum atomic E-state index is 12.2. The highest BCUT2D eigenvalue weighted by molar-refractivity contribution is 6.01. The Morgan fingerprint density at radius 2 is 1.74 bits per heavy atom. The van der Waals surface area contributed by atoms with Gasteiger partial charge in [-0.3, -0.25) is 4.79 Å². The largest absolute Gasteiger partial charge is 0.491 e. The van der Waals surface area contributed by atoms with Gasteiger partial charge in [-0.15, -0.1) is 0 Å². The molecule has 1 amide bonds. The molecule has 0 heterocycles. The Morgan fingerprint density at radius 1 is 1.04 bits per heavy atom. The van der Waals surface area contributed by atoms with E-state index in [-0.39, 0.29) is 25.0 Å². The highest BCUT2D eigenvalue weighted by Gasteiger charge is 2.13. The first-order valence-corrected chi connectivity index (χ1v) is 9.06. The van der Waals surface area contributed by atoms with Gasteiger partial charge in [0.15, 0.2) is 0 Å². The second-order valence-electron chi connectivity index (χ2n) is 6.18. The van der Waals surface area contributed by atoms with Gasteiger partial charge in [0.25, 0.3) is 0 Å². The van der Waals surface area contributed by atoms with Crippen molar-refractivity contribution in [2.24, 2.45) is 0 Å². The Bertz CT molecular complexity index is 757. The van der Waals surface area contributed by atoms with Crippen LogP contribution < -0.4 is 15.4 Å². The van der Waals surface area contributed by atoms with Crippen LogP contribution in [-0.2, 0) is 9.53 Å². The van der Waals surface area contributed by atoms with E-state index < -0.39 is 5.97 Å². The van der Waals surface area contributed by atoms with Gasteiger partial charge in [0.05, 0.1) is 24.0 Å². The summed E-state index contributed by atoms with van der Waals surface area (Å²) in [5, 5.41) is 5.96. The Hall–Kier alpha value is -3.02. The normalized spacial score (nSPS) is 10.4. The number of carbonyl (C=O) groups is 2. The second-order valence-corrected chi connectivity index (χ2v) is 6.18. The molecule has 0 radical (unpaired) electrons. The van der Waals surface area contributed by atoms with Crippen molar-refractivity contribution in [2.75, 3.05) is 23.8 Å². The number of para-hydroxylation sites is 1. The van der Waals surface area contributed by atoms with Crippen molar-refractivity contribution < 1.29 is 19.1 Å². The Labute approximate surface area is 159 Å². The summed E-state index contributed by atoms with van der Waals surface area (Å²) in [5.41, 5.74) is 1.71. The number of ether oxygens (including phenoxy) is 2. The lowest BCUT2D eigenvalue weighted by Crippen LogP contribution is -2.18. The van der Waals surface area contributed by atoms with Gasteiger partial charge in [-0.05, 0) is 57.2 Å². The van der Waals surface area contributed by atoms with Gasteiger partial charge in [-0.2, -0.15) is 0 Å². The van der Waals surface area contributed by atoms with Crippen LogP contribution in [0.2, 0.25) is 0 Å². The average Bonchev–Trinajstić information content (AvgIpc) is 2.63. The first kappa shape index (κ1) is 20.3. The predicted octanol–water partition coefficient (Wildman–Crippen LogP) is 4.09. The number of benzene rings is 2. The zero-order valence-electron chi connectivity index (χ0n) is 16.0. The van der Waals surface area contributed by atoms with E-state index in [0.717, 1.165) is 11.4 Å². The third-order valence-corrected chi connectivity index (χ3v) is 3.60. The minimum atomic E-state index is -0.449. The molecule has 0 fully saturated rings. The molecule has 2 aromatic rings. The van der Waals surface area contributed by atoms with Crippen molar-refractivity contribution in [3.8, 4) is 5.75 Å². The van der Waals surface area contributed by atoms with Crippen LogP contribution in [0.3, 0.4) is 0 Å². The minimum absolute atomic E-state index is 0.130. The van der Waals surface area contributed by atoms with Crippen molar-refractivity contribution in [3.05, 3.63) is 54.1 Å². The SMILES string of the molecule is CCOC(=O)c1ccccc1NC(=O)CCNc1ccc(OC(C)C)cc1. The van der Waals surface area contributed by atoms with E-state index in [0.29, 0.717) is 17.8 Å². The zero-order valence-corrected chi connectivity index (χ0v) is 16.0. The average molecular weight is 370 g/mol. The fraction of sp³-hybridized carbons (Fsp3) is 0.333. The molecule has 27 heavy (non-hydrogen) atoms. The number of anilines is 2. The van der Waals surface area contributed by atoms with Crippen LogP contribution in [0.5, 0.6) is 5.75 Å². The Morgan fingerprint density at radius 3 is 2.41 bits per heavy atom. The molecular formula is C21H26N2O4. The minimum Gasteiger partial charge on any atom is -0.491 e. The number of amides is 1. The lowest BCUT2D eigenvalue weighted by molar-refractivity contribution is -0.115. The molecule has 0 saturated carbocycles. The lowest BCUT2D eigenvalue weighted by Gasteiger charge is -2.12. The topological polar surface area (TPSA) is 76.7 Å². The number of carbonyl (C=O) groups excluding carboxylic acids is 2. The summed E-state index contributed by atoms with van der Waals surface area (Å²) in [6, 6.07) is 14.4. The molecule has 0 unspecified atom stereocenters. The zero-order chi connectivity index (χ0) is 19.6. The first-order valence-electron chi connectivity index (χ1n) is 9.06. The van der Waals surface area contributed by atoms with Crippen LogP contribution in [0.15, 0.2) is 48.5 Å². The molecule has 6 nitrogen and oxygen atoms in total. The van der Waals surface area contributed by atoms with Crippen LogP contribution in [-0.4, -0.2) is 31.1 Å². The summed E-state index contributed by atoms with van der Waals surface area (Å²) in [7, 11) is 0. The standard InChI is InChI=1S/C21H26N2O4/c1-4-26-21(25)18-7-5-6-8-19(18)23-20(24)13-14-22-16-9-11-17(12-10-16)27-15(2)3/h5-12,15,22H,4,13-14H2,1-3H3,(H,23,24). The van der Waals surface area contributed by atoms with Gasteiger partial charge in [-0.1, -0.05) is 12.1 Å². The molecule has 2 aromatic carbocycles. The van der Waals surface area contributed by atoms with Gasteiger partial charge >= 0.3 is 5.97 Å². The van der Waals surface area contributed by atoms with E-state index in [2.05, 4.69) is 10.6 Å². The third kappa shape index (κ3) is 6.66. The first-order chi connectivity index (χ1) is 13.0. The second kappa shape index (κ2) is 10.2. The number of nitrogens with one attached hydrogen (secondary N) is 2. The van der Waals surface area contributed by atoms with E-state index >= 15 is 0 Å². The summed E-state index contributed by atoms with van der Waals surface area (Å²) in [6.07, 6.45) is 0.395. The summed E-state index contributed by atoms with van der Waals surface area (Å²) in [5.74, 6) is 0.179. The van der Waals surface area contributed by atoms with E-state index in [9.17, 15) is 9.59 Å². The molecule has 144 valence electrons. The van der Waals surface area contributed by atoms with Crippen molar-refractivity contribution in [2.45, 2.75) is 33.3 Å². The van der Waals surface area contributed by atoms with Crippen molar-refractivity contribution in [3.63, 3.8) is 0 Å². The van der Waals surface area contributed by atoms with Gasteiger partial charge in [0, 0.05) is 18.7 Å². The molecule has 2 rings (SSSR count). The molecule has 0 atom stereocenters. The number of esters is 1. The third-order valence-electron chi connectivity index (χ3n) is 3.60. The maximum Gasteiger partial charge on any atom is 0.340 e. The highest BCUT2D eigenvalue weighted by Crippen LogP contribution is 2.18. The fourth-order valence-corrected chi connectivity index (χ4v) is 2.44. The van der Waals surface area contributed by atoms with E-state index in [1.165, 1.54) is 0 Å². The molecular weight excluding hydrogens is 344 g/mol. The molecule has 0 aliphatic rings. The highest BCUT2D eigenvalue weighted by atomic mass is 16.5.